The lowest BCUT2D eigenvalue weighted by atomic mass is 9.70. The first-order chi connectivity index (χ1) is 8.02. The molecule has 0 aromatic rings. The maximum absolute atomic E-state index is 11.7. The predicted octanol–water partition coefficient (Wildman–Crippen LogP) is 4.48. The molecule has 1 rings (SSSR count). The Morgan fingerprint density at radius 2 is 1.71 bits per heavy atom. The SMILES string of the molecule is CCC(CC1(C(=O)O)CCCCCC1)C(C)C. The van der Waals surface area contributed by atoms with Gasteiger partial charge in [-0.3, -0.25) is 4.79 Å². The van der Waals surface area contributed by atoms with E-state index in [4.69, 9.17) is 0 Å². The van der Waals surface area contributed by atoms with Gasteiger partial charge >= 0.3 is 5.97 Å². The topological polar surface area (TPSA) is 37.3 Å². The van der Waals surface area contributed by atoms with E-state index in [-0.39, 0.29) is 0 Å². The average Bonchev–Trinajstić information content (AvgIpc) is 2.51. The molecule has 0 amide bonds. The summed E-state index contributed by atoms with van der Waals surface area (Å²) in [6.07, 6.45) is 8.41. The van der Waals surface area contributed by atoms with Gasteiger partial charge in [-0.2, -0.15) is 0 Å². The molecule has 2 heteroatoms. The van der Waals surface area contributed by atoms with Crippen LogP contribution in [-0.4, -0.2) is 11.1 Å². The number of carboxylic acids is 1. The molecular formula is C15H28O2. The van der Waals surface area contributed by atoms with Crippen molar-refractivity contribution in [1.29, 1.82) is 0 Å². The van der Waals surface area contributed by atoms with E-state index in [0.717, 1.165) is 38.5 Å². The molecule has 2 nitrogen and oxygen atoms in total. The molecule has 1 aliphatic carbocycles. The molecule has 1 aliphatic rings. The summed E-state index contributed by atoms with van der Waals surface area (Å²) in [5, 5.41) is 9.64. The maximum Gasteiger partial charge on any atom is 0.309 e. The van der Waals surface area contributed by atoms with E-state index in [2.05, 4.69) is 20.8 Å². The van der Waals surface area contributed by atoms with Crippen LogP contribution in [-0.2, 0) is 4.79 Å². The van der Waals surface area contributed by atoms with Crippen molar-refractivity contribution in [3.8, 4) is 0 Å². The Labute approximate surface area is 106 Å². The predicted molar refractivity (Wildman–Crippen MR) is 71.0 cm³/mol. The van der Waals surface area contributed by atoms with Crippen LogP contribution in [0, 0.1) is 17.3 Å². The van der Waals surface area contributed by atoms with Gasteiger partial charge in [0.25, 0.3) is 0 Å². The monoisotopic (exact) mass is 240 g/mol. The molecule has 1 saturated carbocycles. The Balaban J connectivity index is 2.79. The van der Waals surface area contributed by atoms with Crippen molar-refractivity contribution < 1.29 is 9.90 Å². The molecule has 0 saturated heterocycles. The second-order valence-corrected chi connectivity index (χ2v) is 6.12. The normalized spacial score (nSPS) is 22.1. The first-order valence-corrected chi connectivity index (χ1v) is 7.25. The van der Waals surface area contributed by atoms with Crippen LogP contribution in [0.2, 0.25) is 0 Å². The van der Waals surface area contributed by atoms with Gasteiger partial charge in [0.2, 0.25) is 0 Å². The van der Waals surface area contributed by atoms with Gasteiger partial charge in [0.05, 0.1) is 5.41 Å². The lowest BCUT2D eigenvalue weighted by Crippen LogP contribution is -2.34. The zero-order chi connectivity index (χ0) is 12.9. The van der Waals surface area contributed by atoms with Gasteiger partial charge in [-0.05, 0) is 31.1 Å². The largest absolute Gasteiger partial charge is 0.481 e. The highest BCUT2D eigenvalue weighted by Crippen LogP contribution is 2.42. The Kier molecular flexibility index (Phi) is 5.48. The minimum atomic E-state index is -0.543. The van der Waals surface area contributed by atoms with E-state index >= 15 is 0 Å². The van der Waals surface area contributed by atoms with Crippen molar-refractivity contribution in [3.05, 3.63) is 0 Å². The molecule has 100 valence electrons. The summed E-state index contributed by atoms with van der Waals surface area (Å²) >= 11 is 0. The average molecular weight is 240 g/mol. The van der Waals surface area contributed by atoms with E-state index in [1.165, 1.54) is 12.8 Å². The lowest BCUT2D eigenvalue weighted by molar-refractivity contribution is -0.151. The highest BCUT2D eigenvalue weighted by Gasteiger charge is 2.40. The smallest absolute Gasteiger partial charge is 0.309 e. The second-order valence-electron chi connectivity index (χ2n) is 6.12. The molecule has 1 unspecified atom stereocenters. The van der Waals surface area contributed by atoms with E-state index in [1.807, 2.05) is 0 Å². The summed E-state index contributed by atoms with van der Waals surface area (Å²) in [7, 11) is 0. The molecule has 0 aliphatic heterocycles. The van der Waals surface area contributed by atoms with Gasteiger partial charge in [-0.15, -0.1) is 0 Å². The van der Waals surface area contributed by atoms with Crippen LogP contribution in [0.1, 0.15) is 72.1 Å². The van der Waals surface area contributed by atoms with Crippen LogP contribution < -0.4 is 0 Å². The number of rotatable bonds is 5. The Morgan fingerprint density at radius 1 is 1.18 bits per heavy atom. The second kappa shape index (κ2) is 6.42. The zero-order valence-corrected chi connectivity index (χ0v) is 11.7. The van der Waals surface area contributed by atoms with E-state index in [1.54, 1.807) is 0 Å². The van der Waals surface area contributed by atoms with Crippen LogP contribution in [0.4, 0.5) is 0 Å². The van der Waals surface area contributed by atoms with Crippen molar-refractivity contribution in [1.82, 2.24) is 0 Å². The third kappa shape index (κ3) is 3.72. The molecule has 0 aromatic heterocycles. The number of hydrogen-bond donors (Lipinski definition) is 1. The third-order valence-corrected chi connectivity index (χ3v) is 4.63. The standard InChI is InChI=1S/C15H28O2/c1-4-13(12(2)3)11-15(14(16)17)9-7-5-6-8-10-15/h12-13H,4-11H2,1-3H3,(H,16,17). The zero-order valence-electron chi connectivity index (χ0n) is 11.7. The minimum absolute atomic E-state index is 0.415. The fourth-order valence-electron chi connectivity index (χ4n) is 3.26. The molecule has 1 atom stereocenters. The molecule has 0 bridgehead atoms. The Hall–Kier alpha value is -0.530. The van der Waals surface area contributed by atoms with E-state index < -0.39 is 11.4 Å². The Morgan fingerprint density at radius 3 is 2.06 bits per heavy atom. The number of hydrogen-bond acceptors (Lipinski definition) is 1. The summed E-state index contributed by atoms with van der Waals surface area (Å²) in [4.78, 5) is 11.7. The van der Waals surface area contributed by atoms with Gasteiger partial charge < -0.3 is 5.11 Å². The van der Waals surface area contributed by atoms with Crippen LogP contribution in [0.25, 0.3) is 0 Å². The van der Waals surface area contributed by atoms with Crippen LogP contribution in [0.15, 0.2) is 0 Å². The summed E-state index contributed by atoms with van der Waals surface area (Å²) in [5.74, 6) is 0.613. The van der Waals surface area contributed by atoms with Crippen molar-refractivity contribution in [2.75, 3.05) is 0 Å². The quantitative estimate of drug-likeness (QED) is 0.719. The Bertz CT molecular complexity index is 237. The molecule has 1 fully saturated rings. The number of carbonyl (C=O) groups is 1. The van der Waals surface area contributed by atoms with Crippen molar-refractivity contribution in [2.45, 2.75) is 72.1 Å². The van der Waals surface area contributed by atoms with E-state index in [0.29, 0.717) is 11.8 Å². The first-order valence-electron chi connectivity index (χ1n) is 7.25. The van der Waals surface area contributed by atoms with Crippen molar-refractivity contribution in [3.63, 3.8) is 0 Å². The molecular weight excluding hydrogens is 212 g/mol. The van der Waals surface area contributed by atoms with Gasteiger partial charge in [-0.25, -0.2) is 0 Å². The summed E-state index contributed by atoms with van der Waals surface area (Å²) < 4.78 is 0. The summed E-state index contributed by atoms with van der Waals surface area (Å²) in [6, 6.07) is 0. The van der Waals surface area contributed by atoms with Crippen molar-refractivity contribution in [2.24, 2.45) is 17.3 Å². The number of aliphatic carboxylic acids is 1. The van der Waals surface area contributed by atoms with Crippen LogP contribution >= 0.6 is 0 Å². The van der Waals surface area contributed by atoms with E-state index in [9.17, 15) is 9.90 Å². The van der Waals surface area contributed by atoms with Gasteiger partial charge in [0.15, 0.2) is 0 Å². The maximum atomic E-state index is 11.7. The molecule has 1 N–H and O–H groups in total. The number of carboxylic acid groups (broad SMARTS) is 1. The van der Waals surface area contributed by atoms with Crippen molar-refractivity contribution >= 4 is 5.97 Å². The molecule has 0 heterocycles. The van der Waals surface area contributed by atoms with Gasteiger partial charge in [-0.1, -0.05) is 52.9 Å². The molecule has 0 spiro atoms. The highest BCUT2D eigenvalue weighted by molar-refractivity contribution is 5.74. The molecule has 0 radical (unpaired) electrons. The van der Waals surface area contributed by atoms with Gasteiger partial charge in [0.1, 0.15) is 0 Å². The fraction of sp³-hybridized carbons (Fsp3) is 0.933. The molecule has 17 heavy (non-hydrogen) atoms. The summed E-state index contributed by atoms with van der Waals surface area (Å²) in [5.41, 5.74) is -0.415. The minimum Gasteiger partial charge on any atom is -0.481 e. The van der Waals surface area contributed by atoms with Crippen LogP contribution in [0.5, 0.6) is 0 Å². The van der Waals surface area contributed by atoms with Crippen LogP contribution in [0.3, 0.4) is 0 Å². The lowest BCUT2D eigenvalue weighted by Gasteiger charge is -2.33. The third-order valence-electron chi connectivity index (χ3n) is 4.63. The highest BCUT2D eigenvalue weighted by atomic mass is 16.4. The first kappa shape index (κ1) is 14.5. The molecule has 0 aromatic carbocycles. The van der Waals surface area contributed by atoms with Gasteiger partial charge in [0, 0.05) is 0 Å². The fourth-order valence-corrected chi connectivity index (χ4v) is 3.26. The summed E-state index contributed by atoms with van der Waals surface area (Å²) in [6.45, 7) is 6.64.